The summed E-state index contributed by atoms with van der Waals surface area (Å²) in [5, 5.41) is 2.04. The molecule has 6 heteroatoms. The molecule has 0 radical (unpaired) electrons. The Hall–Kier alpha value is -0.620. The second kappa shape index (κ2) is 8.47. The molecule has 1 heterocycles. The largest absolute Gasteiger partial charge is 0.370 e. The lowest BCUT2D eigenvalue weighted by atomic mass is 10.2. The van der Waals surface area contributed by atoms with Crippen molar-refractivity contribution in [2.24, 2.45) is 5.73 Å². The number of hydrogen-bond acceptors (Lipinski definition) is 4. The molecule has 0 aliphatic heterocycles. The molecule has 0 aliphatic rings. The highest BCUT2D eigenvalue weighted by molar-refractivity contribution is 7.09. The average Bonchev–Trinajstić information content (AvgIpc) is 2.80. The van der Waals surface area contributed by atoms with E-state index < -0.39 is 6.10 Å². The Balaban J connectivity index is 0.00000256. The Kier molecular flexibility index (Phi) is 8.16. The quantitative estimate of drug-likeness (QED) is 0.849. The van der Waals surface area contributed by atoms with Crippen molar-refractivity contribution < 1.29 is 9.53 Å². The number of amides is 1. The van der Waals surface area contributed by atoms with Gasteiger partial charge in [0.15, 0.2) is 0 Å². The van der Waals surface area contributed by atoms with Crippen LogP contribution in [0.15, 0.2) is 17.5 Å². The van der Waals surface area contributed by atoms with Gasteiger partial charge in [-0.2, -0.15) is 0 Å². The van der Waals surface area contributed by atoms with Crippen molar-refractivity contribution in [1.29, 1.82) is 0 Å². The number of nitrogens with two attached hydrogens (primary N) is 1. The topological polar surface area (TPSA) is 55.6 Å². The molecule has 0 aliphatic carbocycles. The lowest BCUT2D eigenvalue weighted by molar-refractivity contribution is -0.139. The van der Waals surface area contributed by atoms with Crippen molar-refractivity contribution in [2.45, 2.75) is 12.5 Å². The van der Waals surface area contributed by atoms with Crippen LogP contribution in [0, 0.1) is 0 Å². The fraction of sp³-hybridized carbons (Fsp3) is 0.545. The maximum atomic E-state index is 11.8. The molecular weight excluding hydrogens is 260 g/mol. The summed E-state index contributed by atoms with van der Waals surface area (Å²) in [5.74, 6) is -0.0541. The smallest absolute Gasteiger partial charge is 0.252 e. The van der Waals surface area contributed by atoms with Gasteiger partial charge < -0.3 is 15.4 Å². The molecule has 17 heavy (non-hydrogen) atoms. The number of hydrogen-bond donors (Lipinski definition) is 1. The predicted molar refractivity (Wildman–Crippen MR) is 72.8 cm³/mol. The van der Waals surface area contributed by atoms with Crippen LogP contribution in [0.25, 0.3) is 0 Å². The van der Waals surface area contributed by atoms with Crippen LogP contribution in [-0.2, 0) is 16.0 Å². The molecule has 0 fully saturated rings. The average molecular weight is 279 g/mol. The van der Waals surface area contributed by atoms with Crippen LogP contribution in [-0.4, -0.2) is 44.2 Å². The summed E-state index contributed by atoms with van der Waals surface area (Å²) >= 11 is 1.70. The SMILES string of the molecule is COC(CN)C(=O)N(C)CCc1cccs1.Cl. The van der Waals surface area contributed by atoms with Gasteiger partial charge >= 0.3 is 0 Å². The van der Waals surface area contributed by atoms with Crippen LogP contribution in [0.2, 0.25) is 0 Å². The lowest BCUT2D eigenvalue weighted by Gasteiger charge is -2.21. The third-order valence-corrected chi connectivity index (χ3v) is 3.36. The van der Waals surface area contributed by atoms with Gasteiger partial charge in [0.05, 0.1) is 0 Å². The molecular formula is C11H19ClN2O2S. The molecule has 2 N–H and O–H groups in total. The van der Waals surface area contributed by atoms with Crippen molar-refractivity contribution in [3.05, 3.63) is 22.4 Å². The van der Waals surface area contributed by atoms with Crippen molar-refractivity contribution in [2.75, 3.05) is 27.2 Å². The van der Waals surface area contributed by atoms with E-state index in [1.165, 1.54) is 12.0 Å². The van der Waals surface area contributed by atoms with Gasteiger partial charge in [0.25, 0.3) is 5.91 Å². The molecule has 0 aromatic carbocycles. The van der Waals surface area contributed by atoms with E-state index in [-0.39, 0.29) is 24.9 Å². The zero-order valence-electron chi connectivity index (χ0n) is 10.1. The first-order valence-electron chi connectivity index (χ1n) is 5.19. The Bertz CT molecular complexity index is 315. The Morgan fingerprint density at radius 2 is 2.35 bits per heavy atom. The molecule has 1 unspecified atom stereocenters. The molecule has 1 rings (SSSR count). The molecule has 1 amide bonds. The summed E-state index contributed by atoms with van der Waals surface area (Å²) in [6, 6.07) is 4.08. The van der Waals surface area contributed by atoms with E-state index in [0.717, 1.165) is 6.42 Å². The van der Waals surface area contributed by atoms with E-state index in [1.54, 1.807) is 23.3 Å². The second-order valence-corrected chi connectivity index (χ2v) is 4.58. The third-order valence-electron chi connectivity index (χ3n) is 2.42. The number of ether oxygens (including phenoxy) is 1. The van der Waals surface area contributed by atoms with Gasteiger partial charge in [0, 0.05) is 32.1 Å². The fourth-order valence-electron chi connectivity index (χ4n) is 1.39. The highest BCUT2D eigenvalue weighted by Crippen LogP contribution is 2.09. The van der Waals surface area contributed by atoms with E-state index in [0.29, 0.717) is 6.54 Å². The number of halogens is 1. The lowest BCUT2D eigenvalue weighted by Crippen LogP contribution is -2.42. The van der Waals surface area contributed by atoms with Gasteiger partial charge in [0.1, 0.15) is 6.10 Å². The Morgan fingerprint density at radius 3 is 2.82 bits per heavy atom. The Labute approximate surface area is 112 Å². The zero-order chi connectivity index (χ0) is 12.0. The predicted octanol–water partition coefficient (Wildman–Crippen LogP) is 1.14. The first-order valence-corrected chi connectivity index (χ1v) is 6.07. The van der Waals surface area contributed by atoms with Crippen LogP contribution < -0.4 is 5.73 Å². The van der Waals surface area contributed by atoms with E-state index in [9.17, 15) is 4.79 Å². The van der Waals surface area contributed by atoms with E-state index in [2.05, 4.69) is 6.07 Å². The third kappa shape index (κ3) is 5.04. The van der Waals surface area contributed by atoms with Crippen LogP contribution in [0.5, 0.6) is 0 Å². The molecule has 0 bridgehead atoms. The number of likely N-dealkylation sites (N-methyl/N-ethyl adjacent to an activating group) is 1. The number of rotatable bonds is 6. The molecule has 1 aromatic rings. The monoisotopic (exact) mass is 278 g/mol. The number of nitrogens with zero attached hydrogens (tertiary/aromatic N) is 1. The molecule has 1 aromatic heterocycles. The summed E-state index contributed by atoms with van der Waals surface area (Å²) < 4.78 is 5.01. The van der Waals surface area contributed by atoms with Gasteiger partial charge in [-0.25, -0.2) is 0 Å². The van der Waals surface area contributed by atoms with Crippen molar-refractivity contribution in [1.82, 2.24) is 4.90 Å². The van der Waals surface area contributed by atoms with E-state index in [4.69, 9.17) is 10.5 Å². The maximum absolute atomic E-state index is 11.8. The first kappa shape index (κ1) is 16.4. The minimum absolute atomic E-state index is 0. The van der Waals surface area contributed by atoms with Crippen LogP contribution in [0.3, 0.4) is 0 Å². The van der Waals surface area contributed by atoms with Crippen LogP contribution in [0.4, 0.5) is 0 Å². The molecule has 0 saturated carbocycles. The summed E-state index contributed by atoms with van der Waals surface area (Å²) in [4.78, 5) is 14.7. The van der Waals surface area contributed by atoms with Crippen LogP contribution in [0.1, 0.15) is 4.88 Å². The van der Waals surface area contributed by atoms with E-state index >= 15 is 0 Å². The van der Waals surface area contributed by atoms with E-state index in [1.807, 2.05) is 11.4 Å². The minimum Gasteiger partial charge on any atom is -0.370 e. The molecule has 4 nitrogen and oxygen atoms in total. The van der Waals surface area contributed by atoms with Gasteiger partial charge in [-0.1, -0.05) is 6.07 Å². The minimum atomic E-state index is -0.520. The summed E-state index contributed by atoms with van der Waals surface area (Å²) in [6.07, 6.45) is 0.356. The fourth-order valence-corrected chi connectivity index (χ4v) is 2.08. The highest BCUT2D eigenvalue weighted by atomic mass is 35.5. The summed E-state index contributed by atoms with van der Waals surface area (Å²) in [6.45, 7) is 0.915. The van der Waals surface area contributed by atoms with Gasteiger partial charge in [-0.05, 0) is 17.9 Å². The standard InChI is InChI=1S/C11H18N2O2S.ClH/c1-13(11(14)10(8-12)15-2)6-5-9-4-3-7-16-9;/h3-4,7,10H,5-6,8,12H2,1-2H3;1H. The van der Waals surface area contributed by atoms with Gasteiger partial charge in [0.2, 0.25) is 0 Å². The number of methoxy groups -OCH3 is 1. The Morgan fingerprint density at radius 1 is 1.65 bits per heavy atom. The number of thiophene rings is 1. The summed E-state index contributed by atoms with van der Waals surface area (Å²) in [5.41, 5.74) is 5.44. The van der Waals surface area contributed by atoms with Crippen molar-refractivity contribution in [3.63, 3.8) is 0 Å². The molecule has 98 valence electrons. The normalized spacial score (nSPS) is 11.7. The van der Waals surface area contributed by atoms with Crippen molar-refractivity contribution >= 4 is 29.7 Å². The second-order valence-electron chi connectivity index (χ2n) is 3.55. The maximum Gasteiger partial charge on any atom is 0.252 e. The number of carbonyl (C=O) groups is 1. The molecule has 1 atom stereocenters. The van der Waals surface area contributed by atoms with Crippen molar-refractivity contribution in [3.8, 4) is 0 Å². The molecule has 0 spiro atoms. The first-order chi connectivity index (χ1) is 7.69. The van der Waals surface area contributed by atoms with Gasteiger partial charge in [-0.15, -0.1) is 23.7 Å². The van der Waals surface area contributed by atoms with Crippen LogP contribution >= 0.6 is 23.7 Å². The van der Waals surface area contributed by atoms with Gasteiger partial charge in [-0.3, -0.25) is 4.79 Å². The highest BCUT2D eigenvalue weighted by Gasteiger charge is 2.19. The molecule has 0 saturated heterocycles. The number of carbonyl (C=O) groups excluding carboxylic acids is 1. The zero-order valence-corrected chi connectivity index (χ0v) is 11.7. The summed E-state index contributed by atoms with van der Waals surface area (Å²) in [7, 11) is 3.28.